The maximum atomic E-state index is 13.2. The van der Waals surface area contributed by atoms with Gasteiger partial charge in [-0.3, -0.25) is 0 Å². The predicted molar refractivity (Wildman–Crippen MR) is 109 cm³/mol. The number of hydrogen-bond acceptors (Lipinski definition) is 0. The molecule has 0 aromatic heterocycles. The van der Waals surface area contributed by atoms with E-state index in [2.05, 4.69) is 76.2 Å². The molecule has 0 nitrogen and oxygen atoms in total. The normalized spacial score (nSPS) is 11.8. The Balaban J connectivity index is 1.75. The van der Waals surface area contributed by atoms with Crippen LogP contribution < -0.4 is 0 Å². The summed E-state index contributed by atoms with van der Waals surface area (Å²) in [5, 5.41) is 0. The lowest BCUT2D eigenvalue weighted by molar-refractivity contribution is 0.520. The Morgan fingerprint density at radius 3 is 1.73 bits per heavy atom. The Labute approximate surface area is 156 Å². The van der Waals surface area contributed by atoms with Crippen molar-refractivity contribution in [3.63, 3.8) is 0 Å². The van der Waals surface area contributed by atoms with Crippen LogP contribution in [0, 0.1) is 5.82 Å². The van der Waals surface area contributed by atoms with Gasteiger partial charge in [0.15, 0.2) is 0 Å². The smallest absolute Gasteiger partial charge is 0.123 e. The average Bonchev–Trinajstić information content (AvgIpc) is 2.62. The summed E-state index contributed by atoms with van der Waals surface area (Å²) in [5.41, 5.74) is 6.27. The van der Waals surface area contributed by atoms with Gasteiger partial charge in [0, 0.05) is 0 Å². The molecule has 0 N–H and O–H groups in total. The molecule has 0 aliphatic heterocycles. The minimum Gasteiger partial charge on any atom is -0.207 e. The van der Waals surface area contributed by atoms with Crippen LogP contribution in [-0.4, -0.2) is 0 Å². The number of benzene rings is 3. The number of hydrogen-bond donors (Lipinski definition) is 0. The van der Waals surface area contributed by atoms with Crippen LogP contribution in [0.4, 0.5) is 4.39 Å². The topological polar surface area (TPSA) is 0 Å². The van der Waals surface area contributed by atoms with Gasteiger partial charge in [-0.25, -0.2) is 4.39 Å². The zero-order valence-corrected chi connectivity index (χ0v) is 16.1. The van der Waals surface area contributed by atoms with Crippen LogP contribution in [0.5, 0.6) is 0 Å². The highest BCUT2D eigenvalue weighted by molar-refractivity contribution is 5.64. The summed E-state index contributed by atoms with van der Waals surface area (Å²) in [6.45, 7) is 8.84. The molecule has 0 aliphatic carbocycles. The van der Waals surface area contributed by atoms with Crippen LogP contribution in [0.2, 0.25) is 0 Å². The van der Waals surface area contributed by atoms with Crippen molar-refractivity contribution in [3.05, 3.63) is 95.3 Å². The summed E-state index contributed by atoms with van der Waals surface area (Å²) in [7, 11) is 0. The standard InChI is InChI=1S/C25H27F/c1-18(2)20-9-11-22(12-10-20)21-7-5-19(6-8-21)17-25(3,4)23-13-15-24(26)16-14-23/h5-16,18H,17H2,1-4H3. The van der Waals surface area contributed by atoms with E-state index in [0.717, 1.165) is 12.0 Å². The Bertz CT molecular complexity index is 838. The molecule has 3 rings (SSSR count). The van der Waals surface area contributed by atoms with E-state index in [-0.39, 0.29) is 11.2 Å². The Morgan fingerprint density at radius 1 is 0.731 bits per heavy atom. The quantitative estimate of drug-likeness (QED) is 0.460. The number of halogens is 1. The summed E-state index contributed by atoms with van der Waals surface area (Å²) in [6, 6.07) is 24.5. The lowest BCUT2D eigenvalue weighted by atomic mass is 9.79. The van der Waals surface area contributed by atoms with E-state index in [9.17, 15) is 4.39 Å². The summed E-state index contributed by atoms with van der Waals surface area (Å²) in [4.78, 5) is 0. The average molecular weight is 346 g/mol. The van der Waals surface area contributed by atoms with Crippen molar-refractivity contribution < 1.29 is 4.39 Å². The molecule has 134 valence electrons. The van der Waals surface area contributed by atoms with Crippen molar-refractivity contribution in [1.29, 1.82) is 0 Å². The third-order valence-electron chi connectivity index (χ3n) is 5.14. The van der Waals surface area contributed by atoms with Gasteiger partial charge in [0.25, 0.3) is 0 Å². The monoisotopic (exact) mass is 346 g/mol. The predicted octanol–water partition coefficient (Wildman–Crippen LogP) is 7.14. The Hall–Kier alpha value is -2.41. The number of rotatable bonds is 5. The first-order valence-electron chi connectivity index (χ1n) is 9.30. The van der Waals surface area contributed by atoms with E-state index in [1.54, 1.807) is 12.1 Å². The third-order valence-corrected chi connectivity index (χ3v) is 5.14. The van der Waals surface area contributed by atoms with Crippen molar-refractivity contribution >= 4 is 0 Å². The minimum atomic E-state index is -0.183. The largest absolute Gasteiger partial charge is 0.207 e. The molecule has 1 heteroatoms. The van der Waals surface area contributed by atoms with Gasteiger partial charge in [-0.1, -0.05) is 88.4 Å². The van der Waals surface area contributed by atoms with Crippen molar-refractivity contribution in [2.75, 3.05) is 0 Å². The van der Waals surface area contributed by atoms with Gasteiger partial charge in [0.05, 0.1) is 0 Å². The molecule has 0 spiro atoms. The zero-order valence-electron chi connectivity index (χ0n) is 16.1. The molecule has 0 heterocycles. The van der Waals surface area contributed by atoms with Crippen molar-refractivity contribution in [3.8, 4) is 11.1 Å². The highest BCUT2D eigenvalue weighted by Crippen LogP contribution is 2.29. The molecule has 3 aromatic carbocycles. The molecule has 0 bridgehead atoms. The molecule has 0 radical (unpaired) electrons. The molecule has 3 aromatic rings. The van der Waals surface area contributed by atoms with Gasteiger partial charge in [-0.05, 0) is 57.7 Å². The van der Waals surface area contributed by atoms with Gasteiger partial charge >= 0.3 is 0 Å². The first kappa shape index (κ1) is 18.4. The summed E-state index contributed by atoms with van der Waals surface area (Å²) >= 11 is 0. The van der Waals surface area contributed by atoms with Gasteiger partial charge in [-0.2, -0.15) is 0 Å². The molecule has 0 aliphatic rings. The van der Waals surface area contributed by atoms with Crippen LogP contribution in [0.15, 0.2) is 72.8 Å². The summed E-state index contributed by atoms with van der Waals surface area (Å²) in [5.74, 6) is 0.373. The molecule has 0 atom stereocenters. The van der Waals surface area contributed by atoms with E-state index in [1.807, 2.05) is 12.1 Å². The van der Waals surface area contributed by atoms with Crippen LogP contribution >= 0.6 is 0 Å². The third kappa shape index (κ3) is 4.22. The minimum absolute atomic E-state index is 0.0336. The van der Waals surface area contributed by atoms with Crippen LogP contribution in [-0.2, 0) is 11.8 Å². The lowest BCUT2D eigenvalue weighted by Gasteiger charge is -2.25. The highest BCUT2D eigenvalue weighted by Gasteiger charge is 2.21. The Kier molecular flexibility index (Phi) is 5.27. The van der Waals surface area contributed by atoms with E-state index < -0.39 is 0 Å². The fraction of sp³-hybridized carbons (Fsp3) is 0.280. The van der Waals surface area contributed by atoms with Crippen LogP contribution in [0.1, 0.15) is 50.3 Å². The summed E-state index contributed by atoms with van der Waals surface area (Å²) in [6.07, 6.45) is 0.922. The molecule has 0 amide bonds. The first-order valence-corrected chi connectivity index (χ1v) is 9.30. The molecule has 0 fully saturated rings. The second-order valence-electron chi connectivity index (χ2n) is 8.04. The van der Waals surface area contributed by atoms with Gasteiger partial charge < -0.3 is 0 Å². The van der Waals surface area contributed by atoms with Crippen molar-refractivity contribution in [1.82, 2.24) is 0 Å². The molecule has 0 saturated carbocycles. The molecule has 26 heavy (non-hydrogen) atoms. The molecular formula is C25H27F. The Morgan fingerprint density at radius 2 is 1.23 bits per heavy atom. The fourth-order valence-corrected chi connectivity index (χ4v) is 3.39. The maximum absolute atomic E-state index is 13.2. The molecule has 0 saturated heterocycles. The van der Waals surface area contributed by atoms with Crippen LogP contribution in [0.3, 0.4) is 0 Å². The highest BCUT2D eigenvalue weighted by atomic mass is 19.1. The SMILES string of the molecule is CC(C)c1ccc(-c2ccc(CC(C)(C)c3ccc(F)cc3)cc2)cc1. The van der Waals surface area contributed by atoms with Gasteiger partial charge in [0.2, 0.25) is 0 Å². The van der Waals surface area contributed by atoms with E-state index in [0.29, 0.717) is 5.92 Å². The first-order chi connectivity index (χ1) is 12.3. The fourth-order valence-electron chi connectivity index (χ4n) is 3.39. The van der Waals surface area contributed by atoms with Crippen LogP contribution in [0.25, 0.3) is 11.1 Å². The van der Waals surface area contributed by atoms with E-state index in [4.69, 9.17) is 0 Å². The van der Waals surface area contributed by atoms with Gasteiger partial charge in [0.1, 0.15) is 5.82 Å². The second-order valence-corrected chi connectivity index (χ2v) is 8.04. The zero-order chi connectivity index (χ0) is 18.7. The maximum Gasteiger partial charge on any atom is 0.123 e. The molecular weight excluding hydrogens is 319 g/mol. The van der Waals surface area contributed by atoms with E-state index in [1.165, 1.54) is 22.3 Å². The summed E-state index contributed by atoms with van der Waals surface area (Å²) < 4.78 is 13.2. The second kappa shape index (κ2) is 7.45. The van der Waals surface area contributed by atoms with Crippen molar-refractivity contribution in [2.24, 2.45) is 0 Å². The van der Waals surface area contributed by atoms with Crippen molar-refractivity contribution in [2.45, 2.75) is 45.4 Å². The van der Waals surface area contributed by atoms with Gasteiger partial charge in [-0.15, -0.1) is 0 Å². The van der Waals surface area contributed by atoms with E-state index >= 15 is 0 Å². The molecule has 0 unspecified atom stereocenters. The lowest BCUT2D eigenvalue weighted by Crippen LogP contribution is -2.20.